The van der Waals surface area contributed by atoms with Gasteiger partial charge in [0.05, 0.1) is 5.02 Å². The Hall–Kier alpha value is -0.780. The van der Waals surface area contributed by atoms with Crippen molar-refractivity contribution in [3.05, 3.63) is 28.8 Å². The van der Waals surface area contributed by atoms with E-state index in [1.54, 1.807) is 0 Å². The van der Waals surface area contributed by atoms with Crippen molar-refractivity contribution >= 4 is 37.2 Å². The highest BCUT2D eigenvalue weighted by atomic mass is 35.7. The Morgan fingerprint density at radius 3 is 2.56 bits per heavy atom. The number of halogens is 2. The molecule has 2 unspecified atom stereocenters. The van der Waals surface area contributed by atoms with Gasteiger partial charge in [0, 0.05) is 22.3 Å². The first-order valence-corrected chi connectivity index (χ1v) is 8.03. The third kappa shape index (κ3) is 2.96. The molecule has 1 aliphatic rings. The zero-order valence-electron chi connectivity index (χ0n) is 9.48. The molecule has 1 saturated carbocycles. The minimum Gasteiger partial charge on any atom is -0.349 e. The summed E-state index contributed by atoms with van der Waals surface area (Å²) in [7, 11) is 1.28. The normalized spacial score (nSPS) is 22.6. The van der Waals surface area contributed by atoms with Crippen molar-refractivity contribution < 1.29 is 13.2 Å². The number of nitrogens with one attached hydrogen (secondary N) is 1. The fourth-order valence-electron chi connectivity index (χ4n) is 1.61. The number of rotatable bonds is 3. The summed E-state index contributed by atoms with van der Waals surface area (Å²) >= 11 is 5.73. The Bertz CT molecular complexity index is 600. The fraction of sp³-hybridized carbons (Fsp3) is 0.364. The molecule has 1 aliphatic carbocycles. The van der Waals surface area contributed by atoms with Crippen LogP contribution in [-0.2, 0) is 9.05 Å². The van der Waals surface area contributed by atoms with Gasteiger partial charge >= 0.3 is 0 Å². The highest BCUT2D eigenvalue weighted by molar-refractivity contribution is 8.13. The van der Waals surface area contributed by atoms with E-state index in [-0.39, 0.29) is 27.4 Å². The molecule has 0 radical (unpaired) electrons. The van der Waals surface area contributed by atoms with Crippen LogP contribution in [0.25, 0.3) is 0 Å². The SMILES string of the molecule is CC1CC1NC(=O)c1ccc(Cl)c(S(=O)(=O)Cl)c1. The van der Waals surface area contributed by atoms with Crippen LogP contribution in [0, 0.1) is 5.92 Å². The molecule has 2 rings (SSSR count). The molecule has 18 heavy (non-hydrogen) atoms. The van der Waals surface area contributed by atoms with E-state index in [1.165, 1.54) is 18.2 Å². The zero-order chi connectivity index (χ0) is 13.5. The molecule has 0 saturated heterocycles. The van der Waals surface area contributed by atoms with Gasteiger partial charge in [0.1, 0.15) is 4.90 Å². The first-order chi connectivity index (χ1) is 8.29. The highest BCUT2D eigenvalue weighted by Crippen LogP contribution is 2.30. The maximum Gasteiger partial charge on any atom is 0.262 e. The fourth-order valence-corrected chi connectivity index (χ4v) is 3.10. The lowest BCUT2D eigenvalue weighted by Gasteiger charge is -2.06. The second kappa shape index (κ2) is 4.72. The number of hydrogen-bond donors (Lipinski definition) is 1. The third-order valence-electron chi connectivity index (χ3n) is 2.88. The summed E-state index contributed by atoms with van der Waals surface area (Å²) in [5, 5.41) is 2.80. The van der Waals surface area contributed by atoms with E-state index < -0.39 is 9.05 Å². The summed E-state index contributed by atoms with van der Waals surface area (Å²) in [4.78, 5) is 11.6. The molecule has 0 heterocycles. The van der Waals surface area contributed by atoms with Crippen molar-refractivity contribution in [3.8, 4) is 0 Å². The molecule has 0 bridgehead atoms. The lowest BCUT2D eigenvalue weighted by molar-refractivity contribution is 0.0949. The molecule has 7 heteroatoms. The quantitative estimate of drug-likeness (QED) is 0.872. The average Bonchev–Trinajstić information content (AvgIpc) is 2.93. The number of carbonyl (C=O) groups is 1. The van der Waals surface area contributed by atoms with Gasteiger partial charge in [-0.1, -0.05) is 18.5 Å². The summed E-state index contributed by atoms with van der Waals surface area (Å²) < 4.78 is 22.5. The van der Waals surface area contributed by atoms with Gasteiger partial charge in [0.25, 0.3) is 15.0 Å². The van der Waals surface area contributed by atoms with Gasteiger partial charge in [-0.3, -0.25) is 4.79 Å². The molecule has 98 valence electrons. The first-order valence-electron chi connectivity index (χ1n) is 5.34. The molecular formula is C11H11Cl2NO3S. The predicted octanol–water partition coefficient (Wildman–Crippen LogP) is 2.41. The van der Waals surface area contributed by atoms with Gasteiger partial charge in [-0.15, -0.1) is 0 Å². The van der Waals surface area contributed by atoms with Crippen LogP contribution < -0.4 is 5.32 Å². The van der Waals surface area contributed by atoms with Gasteiger partial charge in [0.15, 0.2) is 0 Å². The standard InChI is InChI=1S/C11H11Cl2NO3S/c1-6-4-9(6)14-11(15)7-2-3-8(12)10(5-7)18(13,16)17/h2-3,5-6,9H,4H2,1H3,(H,14,15). The Balaban J connectivity index is 2.27. The Kier molecular flexibility index (Phi) is 3.58. The Morgan fingerprint density at radius 2 is 2.06 bits per heavy atom. The third-order valence-corrected chi connectivity index (χ3v) is 4.69. The molecule has 1 N–H and O–H groups in total. The maximum absolute atomic E-state index is 11.8. The van der Waals surface area contributed by atoms with Crippen molar-refractivity contribution in [3.63, 3.8) is 0 Å². The van der Waals surface area contributed by atoms with Gasteiger partial charge in [-0.2, -0.15) is 0 Å². The highest BCUT2D eigenvalue weighted by Gasteiger charge is 2.34. The van der Waals surface area contributed by atoms with Gasteiger partial charge in [-0.05, 0) is 30.5 Å². The second-order valence-corrected chi connectivity index (χ2v) is 7.32. The summed E-state index contributed by atoms with van der Waals surface area (Å²) in [5.74, 6) is 0.153. The monoisotopic (exact) mass is 307 g/mol. The van der Waals surface area contributed by atoms with Crippen molar-refractivity contribution in [1.29, 1.82) is 0 Å². The van der Waals surface area contributed by atoms with Gasteiger partial charge in [-0.25, -0.2) is 8.42 Å². The smallest absolute Gasteiger partial charge is 0.262 e. The van der Waals surface area contributed by atoms with Gasteiger partial charge in [0.2, 0.25) is 0 Å². The summed E-state index contributed by atoms with van der Waals surface area (Å²) in [6, 6.07) is 4.18. The predicted molar refractivity (Wildman–Crippen MR) is 69.5 cm³/mol. The van der Waals surface area contributed by atoms with E-state index in [0.29, 0.717) is 5.92 Å². The lowest BCUT2D eigenvalue weighted by Crippen LogP contribution is -2.26. The molecule has 1 aromatic carbocycles. The van der Waals surface area contributed by atoms with Crippen LogP contribution in [0.3, 0.4) is 0 Å². The molecule has 0 spiro atoms. The summed E-state index contributed by atoms with van der Waals surface area (Å²) in [5.41, 5.74) is 0.234. The topological polar surface area (TPSA) is 63.2 Å². The van der Waals surface area contributed by atoms with Crippen LogP contribution in [0.1, 0.15) is 23.7 Å². The van der Waals surface area contributed by atoms with E-state index in [2.05, 4.69) is 5.32 Å². The van der Waals surface area contributed by atoms with E-state index in [1.807, 2.05) is 6.92 Å². The zero-order valence-corrected chi connectivity index (χ0v) is 11.8. The largest absolute Gasteiger partial charge is 0.349 e. The molecule has 1 amide bonds. The number of benzene rings is 1. The van der Waals surface area contributed by atoms with Crippen LogP contribution in [0.15, 0.2) is 23.1 Å². The van der Waals surface area contributed by atoms with Crippen LogP contribution in [0.2, 0.25) is 5.02 Å². The molecule has 0 aromatic heterocycles. The average molecular weight is 308 g/mol. The number of hydrogen-bond acceptors (Lipinski definition) is 3. The van der Waals surface area contributed by atoms with Crippen LogP contribution in [0.4, 0.5) is 0 Å². The van der Waals surface area contributed by atoms with Crippen molar-refractivity contribution in [2.45, 2.75) is 24.3 Å². The molecule has 1 fully saturated rings. The number of amides is 1. The lowest BCUT2D eigenvalue weighted by atomic mass is 10.2. The Labute approximate surface area is 115 Å². The number of carbonyl (C=O) groups excluding carboxylic acids is 1. The van der Waals surface area contributed by atoms with E-state index in [4.69, 9.17) is 22.3 Å². The van der Waals surface area contributed by atoms with Crippen molar-refractivity contribution in [2.75, 3.05) is 0 Å². The summed E-state index contributed by atoms with van der Waals surface area (Å²) in [6.45, 7) is 2.03. The molecule has 4 nitrogen and oxygen atoms in total. The molecule has 1 aromatic rings. The van der Waals surface area contributed by atoms with Crippen LogP contribution in [0.5, 0.6) is 0 Å². The van der Waals surface area contributed by atoms with Crippen molar-refractivity contribution in [1.82, 2.24) is 5.32 Å². The first kappa shape index (κ1) is 13.6. The Morgan fingerprint density at radius 1 is 1.44 bits per heavy atom. The van der Waals surface area contributed by atoms with Gasteiger partial charge < -0.3 is 5.32 Å². The maximum atomic E-state index is 11.8. The summed E-state index contributed by atoms with van der Waals surface area (Å²) in [6.07, 6.45) is 0.944. The second-order valence-electron chi connectivity index (χ2n) is 4.38. The minimum atomic E-state index is -3.95. The van der Waals surface area contributed by atoms with Crippen molar-refractivity contribution in [2.24, 2.45) is 5.92 Å². The molecule has 2 atom stereocenters. The molecule has 0 aliphatic heterocycles. The molecular weight excluding hydrogens is 297 g/mol. The minimum absolute atomic E-state index is 0.00124. The van der Waals surface area contributed by atoms with E-state index in [0.717, 1.165) is 6.42 Å². The van der Waals surface area contributed by atoms with Crippen LogP contribution in [-0.4, -0.2) is 20.4 Å². The van der Waals surface area contributed by atoms with E-state index >= 15 is 0 Å². The van der Waals surface area contributed by atoms with Crippen LogP contribution >= 0.6 is 22.3 Å². The van der Waals surface area contributed by atoms with E-state index in [9.17, 15) is 13.2 Å².